The first-order valence-electron chi connectivity index (χ1n) is 3.62. The van der Waals surface area contributed by atoms with Gasteiger partial charge in [0.15, 0.2) is 0 Å². The molecule has 3 nitrogen and oxygen atoms in total. The summed E-state index contributed by atoms with van der Waals surface area (Å²) in [5.74, 6) is -0.0212. The molecule has 1 fully saturated rings. The monoisotopic (exact) mass is 186 g/mol. The van der Waals surface area contributed by atoms with Crippen molar-refractivity contribution < 1.29 is 23.3 Å². The van der Waals surface area contributed by atoms with Crippen molar-refractivity contribution in [3.8, 4) is 0 Å². The van der Waals surface area contributed by atoms with Crippen LogP contribution in [-0.4, -0.2) is 23.9 Å². The third-order valence-corrected chi connectivity index (χ3v) is 1.71. The minimum absolute atomic E-state index is 0.0237. The van der Waals surface area contributed by atoms with Crippen molar-refractivity contribution in [3.63, 3.8) is 0 Å². The topological polar surface area (TPSA) is 38.7 Å². The number of hydrogen-bond donors (Lipinski definition) is 1. The normalized spacial score (nSPS) is 26.5. The van der Waals surface area contributed by atoms with E-state index in [4.69, 9.17) is 5.02 Å². The molecule has 1 saturated heterocycles. The fourth-order valence-corrected chi connectivity index (χ4v) is 1.15. The average molecular weight is 186 g/mol. The minimum atomic E-state index is -3.58. The molecule has 1 aliphatic heterocycles. The summed E-state index contributed by atoms with van der Waals surface area (Å²) in [5, 5.41) is 8.62. The first-order chi connectivity index (χ1) is 6.11. The van der Waals surface area contributed by atoms with Crippen LogP contribution in [0.4, 0.5) is 8.78 Å². The third-order valence-electron chi connectivity index (χ3n) is 1.71. The molecule has 0 atom stereocenters. The van der Waals surface area contributed by atoms with Gasteiger partial charge in [-0.15, -0.1) is 0 Å². The molecule has 0 bridgehead atoms. The zero-order valence-electron chi connectivity index (χ0n) is 6.46. The predicted octanol–water partition coefficient (Wildman–Crippen LogP) is 0.539. The van der Waals surface area contributed by atoms with Gasteiger partial charge in [0.1, 0.15) is 0 Å². The van der Waals surface area contributed by atoms with Crippen molar-refractivity contribution in [1.82, 2.24) is 0 Å². The zero-order chi connectivity index (χ0) is 9.47. The summed E-state index contributed by atoms with van der Waals surface area (Å²) in [6, 6.07) is 0. The van der Waals surface area contributed by atoms with Gasteiger partial charge >= 0.3 is 72.3 Å². The van der Waals surface area contributed by atoms with E-state index in [2.05, 4.69) is 9.47 Å². The van der Waals surface area contributed by atoms with E-state index in [1.54, 1.807) is 0 Å². The van der Waals surface area contributed by atoms with Crippen molar-refractivity contribution in [1.29, 1.82) is 0 Å². The summed E-state index contributed by atoms with van der Waals surface area (Å²) in [7, 11) is 0.847. The third kappa shape index (κ3) is 1.43. The zero-order valence-corrected chi connectivity index (χ0v) is 6.46. The molecule has 0 aromatic heterocycles. The van der Waals surface area contributed by atoms with Crippen LogP contribution >= 0.6 is 0 Å². The maximum absolute atomic E-state index is 12.5. The Morgan fingerprint density at radius 1 is 1.38 bits per heavy atom. The molecule has 1 heterocycles. The van der Waals surface area contributed by atoms with Crippen molar-refractivity contribution >= 4 is 12.6 Å². The van der Waals surface area contributed by atoms with Crippen molar-refractivity contribution in [2.75, 3.05) is 0 Å². The Morgan fingerprint density at radius 3 is 2.77 bits per heavy atom. The van der Waals surface area contributed by atoms with Crippen molar-refractivity contribution in [2.24, 2.45) is 0 Å². The van der Waals surface area contributed by atoms with Gasteiger partial charge in [-0.25, -0.2) is 0 Å². The quantitative estimate of drug-likeness (QED) is 0.561. The Balaban J connectivity index is 2.31. The molecule has 0 aromatic rings. The average Bonchev–Trinajstić information content (AvgIpc) is 2.36. The number of rotatable bonds is 0. The molecule has 6 heteroatoms. The molecule has 0 aromatic carbocycles. The van der Waals surface area contributed by atoms with Gasteiger partial charge in [0, 0.05) is 0 Å². The second kappa shape index (κ2) is 2.58. The Bertz CT molecular complexity index is 333. The van der Waals surface area contributed by atoms with Crippen molar-refractivity contribution in [2.45, 2.75) is 12.7 Å². The fourth-order valence-electron chi connectivity index (χ4n) is 1.15. The number of halogens is 2. The van der Waals surface area contributed by atoms with Crippen LogP contribution < -0.4 is 0 Å². The second-order valence-electron chi connectivity index (χ2n) is 2.65. The van der Waals surface area contributed by atoms with Crippen LogP contribution in [0.15, 0.2) is 23.7 Å². The first kappa shape index (κ1) is 8.28. The van der Waals surface area contributed by atoms with Gasteiger partial charge in [-0.3, -0.25) is 0 Å². The molecule has 0 amide bonds. The fraction of sp³-hybridized carbons (Fsp3) is 0.286. The van der Waals surface area contributed by atoms with Crippen LogP contribution in [0, 0.1) is 0 Å². The van der Waals surface area contributed by atoms with Crippen LogP contribution in [0.5, 0.6) is 0 Å². The SMILES string of the molecule is O/B=C1/C=C2OC(F)(F)OC2=CC1. The Hall–Kier alpha value is -1.33. The maximum atomic E-state index is 12.5. The Labute approximate surface area is 73.2 Å². The van der Waals surface area contributed by atoms with Gasteiger partial charge in [-0.2, -0.15) is 0 Å². The first-order valence-corrected chi connectivity index (χ1v) is 3.62. The number of allylic oxidation sites excluding steroid dienone is 2. The number of ether oxygens (including phenoxy) is 2. The molecule has 0 unspecified atom stereocenters. The van der Waals surface area contributed by atoms with E-state index in [-0.39, 0.29) is 11.5 Å². The van der Waals surface area contributed by atoms with E-state index in [1.807, 2.05) is 0 Å². The Kier molecular flexibility index (Phi) is 1.64. The summed E-state index contributed by atoms with van der Waals surface area (Å²) < 4.78 is 33.3. The standard InChI is InChI=1S/C7H5BF2O3/c9-7(10)12-5-2-1-4(8-11)3-6(5)13-7/h2-3,11H,1H2. The number of fused-ring (bicyclic) bond motifs is 1. The van der Waals surface area contributed by atoms with Gasteiger partial charge in [-0.05, 0) is 0 Å². The van der Waals surface area contributed by atoms with E-state index in [0.717, 1.165) is 7.12 Å². The van der Waals surface area contributed by atoms with E-state index in [0.29, 0.717) is 11.9 Å². The molecular weight excluding hydrogens is 181 g/mol. The van der Waals surface area contributed by atoms with Gasteiger partial charge in [-0.1, -0.05) is 0 Å². The van der Waals surface area contributed by atoms with Gasteiger partial charge in [0.25, 0.3) is 0 Å². The van der Waals surface area contributed by atoms with Crippen molar-refractivity contribution in [3.05, 3.63) is 23.7 Å². The molecular formula is C7H5BF2O3. The van der Waals surface area contributed by atoms with E-state index >= 15 is 0 Å². The molecule has 13 heavy (non-hydrogen) atoms. The molecule has 1 aliphatic carbocycles. The van der Waals surface area contributed by atoms with Gasteiger partial charge in [0.05, 0.1) is 0 Å². The summed E-state index contributed by atoms with van der Waals surface area (Å²) >= 11 is 0. The van der Waals surface area contributed by atoms with Crippen LogP contribution in [0.1, 0.15) is 6.42 Å². The molecule has 0 saturated carbocycles. The molecule has 0 spiro atoms. The summed E-state index contributed by atoms with van der Waals surface area (Å²) in [6.07, 6.45) is -0.480. The van der Waals surface area contributed by atoms with Gasteiger partial charge in [0.2, 0.25) is 0 Å². The van der Waals surface area contributed by atoms with E-state index in [9.17, 15) is 8.78 Å². The van der Waals surface area contributed by atoms with Crippen LogP contribution in [-0.2, 0) is 9.47 Å². The summed E-state index contributed by atoms with van der Waals surface area (Å²) in [4.78, 5) is 0. The molecule has 2 rings (SSSR count). The molecule has 0 radical (unpaired) electrons. The van der Waals surface area contributed by atoms with Crippen LogP contribution in [0.2, 0.25) is 0 Å². The summed E-state index contributed by atoms with van der Waals surface area (Å²) in [5.41, 5.74) is 0.500. The predicted molar refractivity (Wildman–Crippen MR) is 40.9 cm³/mol. The second-order valence-corrected chi connectivity index (χ2v) is 2.65. The molecule has 68 valence electrons. The summed E-state index contributed by atoms with van der Waals surface area (Å²) in [6.45, 7) is 0. The Morgan fingerprint density at radius 2 is 2.08 bits per heavy atom. The number of alkyl halides is 2. The number of hydrogen-bond acceptors (Lipinski definition) is 3. The molecule has 2 aliphatic rings. The van der Waals surface area contributed by atoms with Crippen LogP contribution in [0.3, 0.4) is 0 Å². The van der Waals surface area contributed by atoms with Gasteiger partial charge < -0.3 is 0 Å². The van der Waals surface area contributed by atoms with E-state index in [1.165, 1.54) is 12.2 Å². The van der Waals surface area contributed by atoms with Crippen LogP contribution in [0.25, 0.3) is 0 Å². The molecule has 1 N–H and O–H groups in total. The van der Waals surface area contributed by atoms with E-state index < -0.39 is 6.29 Å².